The first-order chi connectivity index (χ1) is 16.7. The molecule has 3 aromatic carbocycles. The van der Waals surface area contributed by atoms with Crippen molar-refractivity contribution in [1.29, 1.82) is 0 Å². The van der Waals surface area contributed by atoms with Crippen LogP contribution in [-0.2, 0) is 0 Å². The highest BCUT2D eigenvalue weighted by atomic mass is 35.5. The summed E-state index contributed by atoms with van der Waals surface area (Å²) in [5, 5.41) is 12.0. The van der Waals surface area contributed by atoms with Crippen LogP contribution in [0.1, 0.15) is 21.7 Å². The van der Waals surface area contributed by atoms with Gasteiger partial charge in [-0.1, -0.05) is 47.6 Å². The molecule has 5 rings (SSSR count). The van der Waals surface area contributed by atoms with E-state index in [4.69, 9.17) is 11.6 Å². The number of hydrogen-bond donors (Lipinski definition) is 2. The molecule has 1 amide bonds. The Morgan fingerprint density at radius 2 is 1.82 bits per heavy atom. The van der Waals surface area contributed by atoms with Gasteiger partial charge < -0.3 is 5.32 Å². The van der Waals surface area contributed by atoms with Crippen molar-refractivity contribution in [2.24, 2.45) is 0 Å². The molecule has 0 spiro atoms. The van der Waals surface area contributed by atoms with Crippen molar-refractivity contribution in [2.75, 3.05) is 5.32 Å². The molecule has 0 aliphatic rings. The summed E-state index contributed by atoms with van der Waals surface area (Å²) in [5.74, 6) is -0.185. The molecule has 2 aromatic heterocycles. The number of benzene rings is 3. The number of halogens is 1. The van der Waals surface area contributed by atoms with Gasteiger partial charge in [0.25, 0.3) is 5.91 Å². The number of amides is 1. The van der Waals surface area contributed by atoms with Gasteiger partial charge in [-0.3, -0.25) is 14.9 Å². The number of anilines is 1. The number of carbonyl (C=O) groups excluding carboxylic acids is 1. The van der Waals surface area contributed by atoms with Crippen LogP contribution >= 0.6 is 23.4 Å². The first-order valence-electron chi connectivity index (χ1n) is 10.6. The molecule has 5 nitrogen and oxygen atoms in total. The summed E-state index contributed by atoms with van der Waals surface area (Å²) in [6.07, 6.45) is 5.65. The van der Waals surface area contributed by atoms with Gasteiger partial charge in [-0.15, -0.1) is 0 Å². The van der Waals surface area contributed by atoms with Gasteiger partial charge in [-0.05, 0) is 72.8 Å². The Hall–Kier alpha value is -3.87. The number of rotatable bonds is 6. The van der Waals surface area contributed by atoms with E-state index in [-0.39, 0.29) is 5.91 Å². The Morgan fingerprint density at radius 3 is 2.68 bits per heavy atom. The van der Waals surface area contributed by atoms with Crippen molar-refractivity contribution >= 4 is 58.0 Å². The van der Waals surface area contributed by atoms with Crippen molar-refractivity contribution in [3.63, 3.8) is 0 Å². The number of aromatic nitrogens is 3. The molecule has 0 bridgehead atoms. The molecule has 0 fully saturated rings. The second kappa shape index (κ2) is 9.95. The summed E-state index contributed by atoms with van der Waals surface area (Å²) in [4.78, 5) is 19.1. The van der Waals surface area contributed by atoms with Gasteiger partial charge >= 0.3 is 0 Å². The highest BCUT2D eigenvalue weighted by Crippen LogP contribution is 2.33. The van der Waals surface area contributed by atoms with Crippen molar-refractivity contribution < 1.29 is 4.79 Å². The van der Waals surface area contributed by atoms with E-state index in [9.17, 15) is 4.79 Å². The van der Waals surface area contributed by atoms with Gasteiger partial charge in [0, 0.05) is 32.1 Å². The topological polar surface area (TPSA) is 70.7 Å². The van der Waals surface area contributed by atoms with Crippen LogP contribution in [0.2, 0.25) is 5.02 Å². The van der Waals surface area contributed by atoms with E-state index in [2.05, 4.69) is 20.5 Å². The van der Waals surface area contributed by atoms with Crippen LogP contribution in [0.3, 0.4) is 0 Å². The standard InChI is InChI=1S/C27H19ClN4OS/c28-18-6-5-8-20(16-18)30-27(33)23-9-1-2-10-26(23)34-21-12-13-22-24(31-32-25(22)17-21)14-11-19-7-3-4-15-29-19/h1-17H,(H,30,33)(H,31,32)/b14-11-. The minimum atomic E-state index is -0.185. The quantitative estimate of drug-likeness (QED) is 0.269. The maximum atomic E-state index is 12.9. The average Bonchev–Trinajstić information content (AvgIpc) is 3.26. The molecule has 0 aliphatic carbocycles. The van der Waals surface area contributed by atoms with Gasteiger partial charge in [0.05, 0.1) is 22.5 Å². The number of nitrogens with zero attached hydrogens (tertiary/aromatic N) is 2. The predicted molar refractivity (Wildman–Crippen MR) is 139 cm³/mol. The zero-order chi connectivity index (χ0) is 23.3. The van der Waals surface area contributed by atoms with Crippen molar-refractivity contribution in [1.82, 2.24) is 15.2 Å². The first kappa shape index (κ1) is 21.9. The molecule has 0 aliphatic heterocycles. The third kappa shape index (κ3) is 5.03. The Labute approximate surface area is 205 Å². The van der Waals surface area contributed by atoms with E-state index < -0.39 is 0 Å². The molecule has 34 heavy (non-hydrogen) atoms. The summed E-state index contributed by atoms with van der Waals surface area (Å²) in [6.45, 7) is 0. The van der Waals surface area contributed by atoms with Gasteiger partial charge in [-0.2, -0.15) is 5.10 Å². The van der Waals surface area contributed by atoms with Gasteiger partial charge in [0.2, 0.25) is 0 Å². The summed E-state index contributed by atoms with van der Waals surface area (Å²) in [7, 11) is 0. The van der Waals surface area contributed by atoms with E-state index in [1.165, 1.54) is 11.8 Å². The van der Waals surface area contributed by atoms with E-state index >= 15 is 0 Å². The number of hydrogen-bond acceptors (Lipinski definition) is 4. The normalized spacial score (nSPS) is 11.2. The largest absolute Gasteiger partial charge is 0.322 e. The van der Waals surface area contributed by atoms with Crippen LogP contribution < -0.4 is 5.32 Å². The Morgan fingerprint density at radius 1 is 0.941 bits per heavy atom. The minimum absolute atomic E-state index is 0.185. The zero-order valence-electron chi connectivity index (χ0n) is 17.9. The molecule has 0 radical (unpaired) electrons. The van der Waals surface area contributed by atoms with E-state index in [1.54, 1.807) is 24.4 Å². The first-order valence-corrected chi connectivity index (χ1v) is 11.8. The van der Waals surface area contributed by atoms with Crippen LogP contribution in [0.25, 0.3) is 23.1 Å². The zero-order valence-corrected chi connectivity index (χ0v) is 19.5. The number of fused-ring (bicyclic) bond motifs is 1. The van der Waals surface area contributed by atoms with Crippen LogP contribution in [0.15, 0.2) is 101 Å². The van der Waals surface area contributed by atoms with Crippen LogP contribution in [0.4, 0.5) is 5.69 Å². The molecule has 7 heteroatoms. The Balaban J connectivity index is 1.36. The third-order valence-electron chi connectivity index (χ3n) is 5.11. The second-order valence-electron chi connectivity index (χ2n) is 7.47. The van der Waals surface area contributed by atoms with Crippen molar-refractivity contribution in [3.8, 4) is 0 Å². The number of aromatic amines is 1. The van der Waals surface area contributed by atoms with E-state index in [0.717, 1.165) is 32.1 Å². The molecule has 0 unspecified atom stereocenters. The minimum Gasteiger partial charge on any atom is -0.322 e. The van der Waals surface area contributed by atoms with Crippen LogP contribution in [-0.4, -0.2) is 21.1 Å². The Kier molecular flexibility index (Phi) is 6.42. The summed E-state index contributed by atoms with van der Waals surface area (Å²) >= 11 is 7.57. The number of pyridine rings is 1. The smallest absolute Gasteiger partial charge is 0.256 e. The fourth-order valence-corrected chi connectivity index (χ4v) is 4.66. The van der Waals surface area contributed by atoms with E-state index in [1.807, 2.05) is 78.9 Å². The summed E-state index contributed by atoms with van der Waals surface area (Å²) < 4.78 is 0. The molecule has 2 heterocycles. The molecule has 166 valence electrons. The second-order valence-corrected chi connectivity index (χ2v) is 9.02. The molecule has 0 atom stereocenters. The van der Waals surface area contributed by atoms with Crippen molar-refractivity contribution in [2.45, 2.75) is 9.79 Å². The highest BCUT2D eigenvalue weighted by molar-refractivity contribution is 7.99. The maximum absolute atomic E-state index is 12.9. The summed E-state index contributed by atoms with van der Waals surface area (Å²) in [5.41, 5.74) is 3.89. The molecule has 0 saturated carbocycles. The Bertz CT molecular complexity index is 1500. The lowest BCUT2D eigenvalue weighted by molar-refractivity contribution is 0.102. The molecular weight excluding hydrogens is 464 g/mol. The summed E-state index contributed by atoms with van der Waals surface area (Å²) in [6, 6.07) is 26.5. The molecular formula is C27H19ClN4OS. The lowest BCUT2D eigenvalue weighted by atomic mass is 10.2. The fourth-order valence-electron chi connectivity index (χ4n) is 3.48. The lowest BCUT2D eigenvalue weighted by Gasteiger charge is -2.10. The third-order valence-corrected chi connectivity index (χ3v) is 6.41. The van der Waals surface area contributed by atoms with E-state index in [0.29, 0.717) is 16.3 Å². The average molecular weight is 483 g/mol. The van der Waals surface area contributed by atoms with Crippen molar-refractivity contribution in [3.05, 3.63) is 113 Å². The predicted octanol–water partition coefficient (Wildman–Crippen LogP) is 7.19. The van der Waals surface area contributed by atoms with Gasteiger partial charge in [0.15, 0.2) is 0 Å². The SMILES string of the molecule is O=C(Nc1cccc(Cl)c1)c1ccccc1Sc1ccc2c(/C=C\c3ccccn3)n[nH]c2c1. The number of carbonyl (C=O) groups is 1. The van der Waals surface area contributed by atoms with Gasteiger partial charge in [-0.25, -0.2) is 0 Å². The number of nitrogens with one attached hydrogen (secondary N) is 2. The maximum Gasteiger partial charge on any atom is 0.256 e. The molecule has 5 aromatic rings. The van der Waals surface area contributed by atoms with Crippen LogP contribution in [0, 0.1) is 0 Å². The number of H-pyrrole nitrogens is 1. The highest BCUT2D eigenvalue weighted by Gasteiger charge is 2.13. The van der Waals surface area contributed by atoms with Crippen LogP contribution in [0.5, 0.6) is 0 Å². The van der Waals surface area contributed by atoms with Gasteiger partial charge in [0.1, 0.15) is 0 Å². The lowest BCUT2D eigenvalue weighted by Crippen LogP contribution is -2.12. The molecule has 0 saturated heterocycles. The monoisotopic (exact) mass is 482 g/mol. The molecule has 2 N–H and O–H groups in total. The fraction of sp³-hybridized carbons (Fsp3) is 0.